The Balaban J connectivity index is 1.05. The van der Waals surface area contributed by atoms with E-state index < -0.39 is 0 Å². The van der Waals surface area contributed by atoms with Crippen LogP contribution in [0.25, 0.3) is 11.5 Å². The van der Waals surface area contributed by atoms with Gasteiger partial charge in [0.25, 0.3) is 0 Å². The van der Waals surface area contributed by atoms with Gasteiger partial charge in [-0.15, -0.1) is 0 Å². The monoisotopic (exact) mass is 494 g/mol. The van der Waals surface area contributed by atoms with Gasteiger partial charge in [-0.05, 0) is 42.3 Å². The van der Waals surface area contributed by atoms with Crippen molar-refractivity contribution in [3.8, 4) is 17.2 Å². The molecule has 1 aromatic heterocycles. The first-order valence-electron chi connectivity index (χ1n) is 12.9. The van der Waals surface area contributed by atoms with Crippen molar-refractivity contribution < 1.29 is 18.7 Å². The maximum Gasteiger partial charge on any atom is 0.311 e. The number of cyclic esters (lactones) is 1. The minimum absolute atomic E-state index is 0.0592. The standard InChI is InChI=1S/C31H30N2O4/c1-21-28(32-30(36-21)24-10-6-3-7-11-24)16-17-35-25-14-12-23(13-15-25)29-26-19-33(20-27(26)31(34)37-29)18-22-8-4-2-5-9-22/h2-15,26-27,29H,16-20H2,1H3/t26-,27+,29+/m1/s1. The predicted molar refractivity (Wildman–Crippen MR) is 140 cm³/mol. The minimum atomic E-state index is -0.207. The Kier molecular flexibility index (Phi) is 6.49. The Labute approximate surface area is 216 Å². The summed E-state index contributed by atoms with van der Waals surface area (Å²) in [6.45, 7) is 4.90. The van der Waals surface area contributed by atoms with Gasteiger partial charge in [-0.25, -0.2) is 4.98 Å². The summed E-state index contributed by atoms with van der Waals surface area (Å²) in [5, 5.41) is 0. The van der Waals surface area contributed by atoms with Gasteiger partial charge in [-0.1, -0.05) is 60.7 Å². The molecule has 0 radical (unpaired) electrons. The molecule has 0 unspecified atom stereocenters. The largest absolute Gasteiger partial charge is 0.493 e. The summed E-state index contributed by atoms with van der Waals surface area (Å²) in [5.41, 5.74) is 4.16. The van der Waals surface area contributed by atoms with Crippen molar-refractivity contribution in [3.05, 3.63) is 108 Å². The number of aryl methyl sites for hydroxylation is 1. The molecular formula is C31H30N2O4. The highest BCUT2D eigenvalue weighted by Gasteiger charge is 2.50. The normalized spacial score (nSPS) is 21.1. The number of esters is 1. The number of fused-ring (bicyclic) bond motifs is 1. The highest BCUT2D eigenvalue weighted by atomic mass is 16.6. The van der Waals surface area contributed by atoms with Gasteiger partial charge in [0.15, 0.2) is 0 Å². The third-order valence-electron chi connectivity index (χ3n) is 7.35. The first-order chi connectivity index (χ1) is 18.1. The zero-order valence-electron chi connectivity index (χ0n) is 20.9. The van der Waals surface area contributed by atoms with Gasteiger partial charge < -0.3 is 13.9 Å². The third kappa shape index (κ3) is 5.02. The van der Waals surface area contributed by atoms with Crippen LogP contribution < -0.4 is 4.74 Å². The quantitative estimate of drug-likeness (QED) is 0.296. The van der Waals surface area contributed by atoms with Gasteiger partial charge in [0.1, 0.15) is 17.6 Å². The summed E-state index contributed by atoms with van der Waals surface area (Å²) in [6.07, 6.45) is 0.451. The van der Waals surface area contributed by atoms with Crippen LogP contribution in [0.1, 0.15) is 28.7 Å². The van der Waals surface area contributed by atoms with Crippen LogP contribution >= 0.6 is 0 Å². The summed E-state index contributed by atoms with van der Waals surface area (Å²) >= 11 is 0. The van der Waals surface area contributed by atoms with E-state index in [0.717, 1.165) is 48.0 Å². The molecule has 6 nitrogen and oxygen atoms in total. The summed E-state index contributed by atoms with van der Waals surface area (Å²) < 4.78 is 17.7. The van der Waals surface area contributed by atoms with E-state index in [1.807, 2.05) is 67.6 Å². The number of rotatable bonds is 8. The minimum Gasteiger partial charge on any atom is -0.493 e. The molecule has 0 saturated carbocycles. The molecule has 3 heterocycles. The molecule has 0 spiro atoms. The van der Waals surface area contributed by atoms with E-state index in [9.17, 15) is 4.79 Å². The topological polar surface area (TPSA) is 64.8 Å². The molecule has 37 heavy (non-hydrogen) atoms. The van der Waals surface area contributed by atoms with E-state index in [1.165, 1.54) is 5.56 Å². The Hall–Kier alpha value is -3.90. The number of benzene rings is 3. The third-order valence-corrected chi connectivity index (χ3v) is 7.35. The lowest BCUT2D eigenvalue weighted by atomic mass is 9.90. The molecule has 2 fully saturated rings. The summed E-state index contributed by atoms with van der Waals surface area (Å²) in [4.78, 5) is 19.6. The maximum atomic E-state index is 12.6. The lowest BCUT2D eigenvalue weighted by Gasteiger charge is -2.20. The molecule has 3 atom stereocenters. The maximum absolute atomic E-state index is 12.6. The van der Waals surface area contributed by atoms with Gasteiger partial charge in [0.05, 0.1) is 18.2 Å². The second kappa shape index (κ2) is 10.2. The van der Waals surface area contributed by atoms with Gasteiger partial charge in [-0.2, -0.15) is 0 Å². The summed E-state index contributed by atoms with van der Waals surface area (Å²) in [5.74, 6) is 2.27. The lowest BCUT2D eigenvalue weighted by Crippen LogP contribution is -2.24. The summed E-state index contributed by atoms with van der Waals surface area (Å²) in [6, 6.07) is 28.3. The van der Waals surface area contributed by atoms with Crippen LogP contribution in [0.15, 0.2) is 89.3 Å². The van der Waals surface area contributed by atoms with E-state index in [0.29, 0.717) is 18.9 Å². The molecule has 0 N–H and O–H groups in total. The molecule has 2 aliphatic rings. The number of oxazole rings is 1. The molecule has 3 aromatic carbocycles. The number of carbonyl (C=O) groups excluding carboxylic acids is 1. The first-order valence-corrected chi connectivity index (χ1v) is 12.9. The van der Waals surface area contributed by atoms with E-state index >= 15 is 0 Å². The fourth-order valence-electron chi connectivity index (χ4n) is 5.44. The van der Waals surface area contributed by atoms with Crippen LogP contribution in [-0.2, 0) is 22.5 Å². The molecule has 0 amide bonds. The van der Waals surface area contributed by atoms with Crippen LogP contribution in [0, 0.1) is 18.8 Å². The highest BCUT2D eigenvalue weighted by Crippen LogP contribution is 2.44. The first kappa shape index (κ1) is 23.5. The number of likely N-dealkylation sites (tertiary alicyclic amines) is 1. The summed E-state index contributed by atoms with van der Waals surface area (Å²) in [7, 11) is 0. The van der Waals surface area contributed by atoms with E-state index in [2.05, 4.69) is 34.1 Å². The molecule has 188 valence electrons. The van der Waals surface area contributed by atoms with Crippen molar-refractivity contribution in [2.45, 2.75) is 26.0 Å². The van der Waals surface area contributed by atoms with Crippen molar-refractivity contribution in [2.24, 2.45) is 11.8 Å². The van der Waals surface area contributed by atoms with E-state index in [1.54, 1.807) is 0 Å². The average Bonchev–Trinajstić information content (AvgIpc) is 3.60. The lowest BCUT2D eigenvalue weighted by molar-refractivity contribution is -0.145. The predicted octanol–water partition coefficient (Wildman–Crippen LogP) is 5.62. The molecule has 4 aromatic rings. The molecule has 6 rings (SSSR count). The second-order valence-electron chi connectivity index (χ2n) is 9.86. The Morgan fingerprint density at radius 2 is 1.68 bits per heavy atom. The molecule has 2 aliphatic heterocycles. The molecule has 2 saturated heterocycles. The molecule has 0 aliphatic carbocycles. The number of hydrogen-bond donors (Lipinski definition) is 0. The number of hydrogen-bond acceptors (Lipinski definition) is 6. The Bertz CT molecular complexity index is 1350. The van der Waals surface area contributed by atoms with Gasteiger partial charge in [-0.3, -0.25) is 9.69 Å². The molecular weight excluding hydrogens is 464 g/mol. The van der Waals surface area contributed by atoms with Crippen LogP contribution in [0.5, 0.6) is 5.75 Å². The second-order valence-corrected chi connectivity index (χ2v) is 9.86. The number of carbonyl (C=O) groups is 1. The van der Waals surface area contributed by atoms with Crippen molar-refractivity contribution in [3.63, 3.8) is 0 Å². The number of nitrogens with zero attached hydrogens (tertiary/aromatic N) is 2. The SMILES string of the molecule is Cc1oc(-c2ccccc2)nc1CCOc1ccc([C@@H]2OC(=O)[C@H]3CN(Cc4ccccc4)C[C@H]32)cc1. The zero-order chi connectivity index (χ0) is 25.2. The van der Waals surface area contributed by atoms with Gasteiger partial charge in [0, 0.05) is 37.5 Å². The Morgan fingerprint density at radius 1 is 0.946 bits per heavy atom. The van der Waals surface area contributed by atoms with Gasteiger partial charge in [0.2, 0.25) is 5.89 Å². The fraction of sp³-hybridized carbons (Fsp3) is 0.290. The Morgan fingerprint density at radius 3 is 2.43 bits per heavy atom. The van der Waals surface area contributed by atoms with Crippen LogP contribution in [0.4, 0.5) is 0 Å². The smallest absolute Gasteiger partial charge is 0.311 e. The molecule has 6 heteroatoms. The van der Waals surface area contributed by atoms with Crippen LogP contribution in [-0.4, -0.2) is 35.5 Å². The van der Waals surface area contributed by atoms with Crippen molar-refractivity contribution >= 4 is 5.97 Å². The van der Waals surface area contributed by atoms with Crippen molar-refractivity contribution in [2.75, 3.05) is 19.7 Å². The van der Waals surface area contributed by atoms with Crippen molar-refractivity contribution in [1.29, 1.82) is 0 Å². The number of ether oxygens (including phenoxy) is 2. The van der Waals surface area contributed by atoms with Crippen LogP contribution in [0.2, 0.25) is 0 Å². The van der Waals surface area contributed by atoms with Gasteiger partial charge >= 0.3 is 5.97 Å². The van der Waals surface area contributed by atoms with E-state index in [-0.39, 0.29) is 23.9 Å². The van der Waals surface area contributed by atoms with E-state index in [4.69, 9.17) is 13.9 Å². The fourth-order valence-corrected chi connectivity index (χ4v) is 5.44. The highest BCUT2D eigenvalue weighted by molar-refractivity contribution is 5.76. The van der Waals surface area contributed by atoms with Crippen molar-refractivity contribution in [1.82, 2.24) is 9.88 Å². The number of aromatic nitrogens is 1. The average molecular weight is 495 g/mol. The molecule has 0 bridgehead atoms. The van der Waals surface area contributed by atoms with Crippen LogP contribution in [0.3, 0.4) is 0 Å². The zero-order valence-corrected chi connectivity index (χ0v) is 20.9.